The third kappa shape index (κ3) is 32.9. The summed E-state index contributed by atoms with van der Waals surface area (Å²) in [6, 6.07) is 0. The zero-order valence-corrected chi connectivity index (χ0v) is 21.4. The second-order valence-corrected chi connectivity index (χ2v) is 6.80. The molecule has 14 heteroatoms. The first-order valence-corrected chi connectivity index (χ1v) is 12.3. The van der Waals surface area contributed by atoms with Crippen LogP contribution in [0, 0.1) is 0 Å². The minimum Gasteiger partial charge on any atom is -0.394 e. The zero-order chi connectivity index (χ0) is 26.0. The van der Waals surface area contributed by atoms with Crippen molar-refractivity contribution in [3.63, 3.8) is 0 Å². The van der Waals surface area contributed by atoms with E-state index in [1.54, 1.807) is 0 Å². The van der Waals surface area contributed by atoms with Crippen molar-refractivity contribution >= 4 is 0 Å². The maximum absolute atomic E-state index is 8.55. The lowest BCUT2D eigenvalue weighted by atomic mass is 10.6. The van der Waals surface area contributed by atoms with E-state index >= 15 is 0 Å². The maximum Gasteiger partial charge on any atom is 0.0701 e. The lowest BCUT2D eigenvalue weighted by molar-refractivity contribution is -0.0267. The summed E-state index contributed by atoms with van der Waals surface area (Å²) in [5.41, 5.74) is 8.11. The Balaban J connectivity index is 3.02. The molecule has 14 nitrogen and oxygen atoms in total. The molecule has 0 bridgehead atoms. The van der Waals surface area contributed by atoms with Gasteiger partial charge in [0.25, 0.3) is 0 Å². The van der Waals surface area contributed by atoms with Crippen LogP contribution in [0.5, 0.6) is 0 Å². The van der Waals surface area contributed by atoms with Crippen molar-refractivity contribution in [2.45, 2.75) is 0 Å². The first-order valence-electron chi connectivity index (χ1n) is 12.3. The van der Waals surface area contributed by atoms with E-state index in [9.17, 15) is 0 Å². The highest BCUT2D eigenvalue weighted by Crippen LogP contribution is 1.86. The van der Waals surface area contributed by atoms with Crippen molar-refractivity contribution in [3.8, 4) is 0 Å². The molecule has 0 heterocycles. The van der Waals surface area contributed by atoms with E-state index in [1.807, 2.05) is 0 Å². The molecule has 214 valence electrons. The van der Waals surface area contributed by atoms with Crippen LogP contribution in [-0.4, -0.2) is 150 Å². The van der Waals surface area contributed by atoms with Gasteiger partial charge in [-0.05, 0) is 5.53 Å². The Morgan fingerprint density at radius 3 is 0.833 bits per heavy atom. The fraction of sp³-hybridized carbons (Fsp3) is 1.00. The van der Waals surface area contributed by atoms with Gasteiger partial charge in [-0.15, -0.1) is 0 Å². The van der Waals surface area contributed by atoms with Gasteiger partial charge in [0.1, 0.15) is 0 Å². The van der Waals surface area contributed by atoms with Gasteiger partial charge in [0.05, 0.1) is 139 Å². The maximum atomic E-state index is 8.55. The van der Waals surface area contributed by atoms with E-state index in [1.165, 1.54) is 0 Å². The number of azide groups is 1. The van der Waals surface area contributed by atoms with Crippen LogP contribution < -0.4 is 0 Å². The Bertz CT molecular complexity index is 461. The number of aliphatic hydroxyl groups is 1. The van der Waals surface area contributed by atoms with Crippen LogP contribution in [0.2, 0.25) is 0 Å². The Morgan fingerprint density at radius 1 is 0.389 bits per heavy atom. The van der Waals surface area contributed by atoms with Gasteiger partial charge in [0, 0.05) is 11.5 Å². The molecule has 0 amide bonds. The number of rotatable bonds is 32. The summed E-state index contributed by atoms with van der Waals surface area (Å²) in [5, 5.41) is 11.9. The Labute approximate surface area is 213 Å². The molecule has 0 saturated heterocycles. The molecule has 0 aromatic carbocycles. The van der Waals surface area contributed by atoms with Gasteiger partial charge in [0.2, 0.25) is 0 Å². The molecule has 0 aliphatic rings. The van der Waals surface area contributed by atoms with Crippen molar-refractivity contribution in [1.29, 1.82) is 0 Å². The molecule has 0 aromatic heterocycles. The third-order valence-corrected chi connectivity index (χ3v) is 3.98. The van der Waals surface area contributed by atoms with E-state index < -0.39 is 0 Å². The Hall–Kier alpha value is -1.13. The van der Waals surface area contributed by atoms with Gasteiger partial charge >= 0.3 is 0 Å². The molecular weight excluding hydrogens is 482 g/mol. The van der Waals surface area contributed by atoms with E-state index in [0.29, 0.717) is 139 Å². The van der Waals surface area contributed by atoms with Gasteiger partial charge in [-0.1, -0.05) is 5.11 Å². The lowest BCUT2D eigenvalue weighted by Gasteiger charge is -2.09. The molecule has 0 rings (SSSR count). The second kappa shape index (κ2) is 33.9. The molecule has 0 saturated carbocycles. The topological polar surface area (TPSA) is 161 Å². The summed E-state index contributed by atoms with van der Waals surface area (Å²) in [5.74, 6) is 0. The van der Waals surface area contributed by atoms with E-state index in [0.717, 1.165) is 0 Å². The Kier molecular flexibility index (Phi) is 32.8. The number of hydrogen-bond acceptors (Lipinski definition) is 12. The summed E-state index contributed by atoms with van der Waals surface area (Å²) in [4.78, 5) is 2.64. The number of ether oxygens (including phenoxy) is 10. The van der Waals surface area contributed by atoms with Crippen LogP contribution in [0.15, 0.2) is 5.11 Å². The highest BCUT2D eigenvalue weighted by molar-refractivity contribution is 4.44. The highest BCUT2D eigenvalue weighted by atomic mass is 16.6. The minimum atomic E-state index is 0.0243. The number of hydrogen-bond donors (Lipinski definition) is 1. The summed E-state index contributed by atoms with van der Waals surface area (Å²) in [6.07, 6.45) is 0. The largest absolute Gasteiger partial charge is 0.394 e. The number of nitrogens with zero attached hydrogens (tertiary/aromatic N) is 3. The molecule has 0 aromatic rings. The molecule has 1 N–H and O–H groups in total. The minimum absolute atomic E-state index is 0.0243. The van der Waals surface area contributed by atoms with Gasteiger partial charge in [-0.2, -0.15) is 0 Å². The Morgan fingerprint density at radius 2 is 0.611 bits per heavy atom. The standard InChI is InChI=1S/C22H45N3O11/c23-25-24-1-3-27-5-7-29-9-11-31-13-15-33-17-19-35-21-22-36-20-18-34-16-14-32-12-10-30-8-6-28-4-2-26/h26H,1-22H2. The molecule has 0 aliphatic carbocycles. The quantitative estimate of drug-likeness (QED) is 0.0560. The normalized spacial score (nSPS) is 11.1. The summed E-state index contributed by atoms with van der Waals surface area (Å²) in [7, 11) is 0. The van der Waals surface area contributed by atoms with E-state index in [2.05, 4.69) is 10.0 Å². The van der Waals surface area contributed by atoms with Crippen molar-refractivity contribution < 1.29 is 52.5 Å². The smallest absolute Gasteiger partial charge is 0.0701 e. The molecular formula is C22H45N3O11. The van der Waals surface area contributed by atoms with Gasteiger partial charge in [0.15, 0.2) is 0 Å². The second-order valence-electron chi connectivity index (χ2n) is 6.80. The van der Waals surface area contributed by atoms with Gasteiger partial charge in [-0.3, -0.25) is 0 Å². The lowest BCUT2D eigenvalue weighted by Crippen LogP contribution is -2.15. The van der Waals surface area contributed by atoms with E-state index in [-0.39, 0.29) is 6.61 Å². The van der Waals surface area contributed by atoms with Gasteiger partial charge in [-0.25, -0.2) is 0 Å². The van der Waals surface area contributed by atoms with Crippen LogP contribution in [0.1, 0.15) is 0 Å². The fourth-order valence-corrected chi connectivity index (χ4v) is 2.30. The summed E-state index contributed by atoms with van der Waals surface area (Å²) >= 11 is 0. The van der Waals surface area contributed by atoms with Crippen molar-refractivity contribution in [1.82, 2.24) is 0 Å². The predicted octanol–water partition coefficient (Wildman–Crippen LogP) is 0.455. The van der Waals surface area contributed by atoms with Crippen molar-refractivity contribution in [3.05, 3.63) is 10.4 Å². The highest BCUT2D eigenvalue weighted by Gasteiger charge is 1.95. The van der Waals surface area contributed by atoms with Crippen LogP contribution >= 0.6 is 0 Å². The monoisotopic (exact) mass is 527 g/mol. The molecule has 36 heavy (non-hydrogen) atoms. The van der Waals surface area contributed by atoms with Gasteiger partial charge < -0.3 is 52.5 Å². The zero-order valence-electron chi connectivity index (χ0n) is 21.4. The SMILES string of the molecule is [N-]=[N+]=NCCOCCOCCOCCOCCOCCOCCOCCOCCOCCOCCO. The van der Waals surface area contributed by atoms with Crippen molar-refractivity contribution in [2.75, 3.05) is 145 Å². The van der Waals surface area contributed by atoms with Crippen LogP contribution in [0.4, 0.5) is 0 Å². The first kappa shape index (κ1) is 34.9. The predicted molar refractivity (Wildman–Crippen MR) is 129 cm³/mol. The molecule has 0 atom stereocenters. The molecule has 0 radical (unpaired) electrons. The van der Waals surface area contributed by atoms with Crippen molar-refractivity contribution in [2.24, 2.45) is 5.11 Å². The average Bonchev–Trinajstić information content (AvgIpc) is 2.89. The average molecular weight is 528 g/mol. The van der Waals surface area contributed by atoms with Crippen LogP contribution in [0.3, 0.4) is 0 Å². The third-order valence-electron chi connectivity index (χ3n) is 3.98. The first-order chi connectivity index (χ1) is 17.9. The molecule has 0 spiro atoms. The molecule has 0 aliphatic heterocycles. The fourth-order valence-electron chi connectivity index (χ4n) is 2.30. The van der Waals surface area contributed by atoms with Crippen LogP contribution in [-0.2, 0) is 47.4 Å². The number of aliphatic hydroxyl groups excluding tert-OH is 1. The molecule has 0 unspecified atom stereocenters. The summed E-state index contributed by atoms with van der Waals surface area (Å²) < 4.78 is 53.4. The van der Waals surface area contributed by atoms with Crippen LogP contribution in [0.25, 0.3) is 10.4 Å². The summed E-state index contributed by atoms with van der Waals surface area (Å²) in [6.45, 7) is 9.96. The van der Waals surface area contributed by atoms with E-state index in [4.69, 9.17) is 58.0 Å². The molecule has 0 fully saturated rings.